The van der Waals surface area contributed by atoms with E-state index in [0.717, 1.165) is 11.1 Å². The SMILES string of the molecule is CCOc1ccc(CCNS(=O)(=O)/C=C/c2ccccc2)cc1OCC. The van der Waals surface area contributed by atoms with E-state index in [1.165, 1.54) is 5.41 Å². The van der Waals surface area contributed by atoms with E-state index in [4.69, 9.17) is 9.47 Å². The minimum Gasteiger partial charge on any atom is -0.490 e. The molecule has 0 heterocycles. The molecule has 26 heavy (non-hydrogen) atoms. The summed E-state index contributed by atoms with van der Waals surface area (Å²) >= 11 is 0. The minimum atomic E-state index is -3.47. The lowest BCUT2D eigenvalue weighted by molar-refractivity contribution is 0.287. The molecule has 0 unspecified atom stereocenters. The fourth-order valence-electron chi connectivity index (χ4n) is 2.37. The Morgan fingerprint density at radius 3 is 2.35 bits per heavy atom. The molecule has 2 rings (SSSR count). The van der Waals surface area contributed by atoms with Crippen molar-refractivity contribution in [3.8, 4) is 11.5 Å². The lowest BCUT2D eigenvalue weighted by Gasteiger charge is -2.12. The summed E-state index contributed by atoms with van der Waals surface area (Å²) in [5.41, 5.74) is 1.82. The molecule has 2 aromatic carbocycles. The Kier molecular flexibility index (Phi) is 7.69. The van der Waals surface area contributed by atoms with Gasteiger partial charge in [-0.2, -0.15) is 0 Å². The first-order chi connectivity index (χ1) is 12.5. The number of rotatable bonds is 10. The highest BCUT2D eigenvalue weighted by atomic mass is 32.2. The lowest BCUT2D eigenvalue weighted by atomic mass is 10.1. The van der Waals surface area contributed by atoms with Crippen molar-refractivity contribution in [2.24, 2.45) is 0 Å². The van der Waals surface area contributed by atoms with Crippen LogP contribution < -0.4 is 14.2 Å². The zero-order valence-electron chi connectivity index (χ0n) is 15.1. The second-order valence-corrected chi connectivity index (χ2v) is 7.20. The van der Waals surface area contributed by atoms with Crippen LogP contribution in [0.1, 0.15) is 25.0 Å². The highest BCUT2D eigenvalue weighted by Gasteiger charge is 2.08. The third kappa shape index (κ3) is 6.54. The van der Waals surface area contributed by atoms with Gasteiger partial charge in [-0.1, -0.05) is 36.4 Å². The number of benzene rings is 2. The summed E-state index contributed by atoms with van der Waals surface area (Å²) in [5.74, 6) is 1.38. The van der Waals surface area contributed by atoms with Crippen LogP contribution in [0.2, 0.25) is 0 Å². The Labute approximate surface area is 155 Å². The average Bonchev–Trinajstić information content (AvgIpc) is 2.63. The summed E-state index contributed by atoms with van der Waals surface area (Å²) in [6.45, 7) is 5.24. The van der Waals surface area contributed by atoms with Crippen molar-refractivity contribution in [1.82, 2.24) is 4.72 Å². The van der Waals surface area contributed by atoms with Gasteiger partial charge in [-0.25, -0.2) is 13.1 Å². The van der Waals surface area contributed by atoms with Gasteiger partial charge in [0, 0.05) is 12.0 Å². The molecule has 5 nitrogen and oxygen atoms in total. The molecule has 0 saturated heterocycles. The topological polar surface area (TPSA) is 64.6 Å². The molecule has 140 valence electrons. The average molecular weight is 375 g/mol. The fourth-order valence-corrected chi connectivity index (χ4v) is 3.19. The van der Waals surface area contributed by atoms with E-state index in [2.05, 4.69) is 4.72 Å². The van der Waals surface area contributed by atoms with E-state index < -0.39 is 10.0 Å². The van der Waals surface area contributed by atoms with Gasteiger partial charge < -0.3 is 9.47 Å². The van der Waals surface area contributed by atoms with Crippen LogP contribution in [0.4, 0.5) is 0 Å². The molecule has 0 amide bonds. The van der Waals surface area contributed by atoms with Gasteiger partial charge in [0.1, 0.15) is 0 Å². The summed E-state index contributed by atoms with van der Waals surface area (Å²) in [4.78, 5) is 0. The molecular formula is C20H25NO4S. The van der Waals surface area contributed by atoms with Crippen molar-refractivity contribution in [2.75, 3.05) is 19.8 Å². The van der Waals surface area contributed by atoms with E-state index in [-0.39, 0.29) is 0 Å². The van der Waals surface area contributed by atoms with E-state index >= 15 is 0 Å². The van der Waals surface area contributed by atoms with Crippen molar-refractivity contribution in [1.29, 1.82) is 0 Å². The summed E-state index contributed by atoms with van der Waals surface area (Å²) in [7, 11) is -3.47. The van der Waals surface area contributed by atoms with Crippen molar-refractivity contribution in [2.45, 2.75) is 20.3 Å². The Bertz CT molecular complexity index is 817. The van der Waals surface area contributed by atoms with Gasteiger partial charge in [0.05, 0.1) is 13.2 Å². The van der Waals surface area contributed by atoms with Crippen molar-refractivity contribution >= 4 is 16.1 Å². The van der Waals surface area contributed by atoms with Gasteiger partial charge in [0.15, 0.2) is 11.5 Å². The first-order valence-electron chi connectivity index (χ1n) is 8.65. The fraction of sp³-hybridized carbons (Fsp3) is 0.300. The maximum Gasteiger partial charge on any atom is 0.233 e. The van der Waals surface area contributed by atoms with Gasteiger partial charge >= 0.3 is 0 Å². The van der Waals surface area contributed by atoms with Crippen LogP contribution in [0.5, 0.6) is 11.5 Å². The maximum absolute atomic E-state index is 12.1. The van der Waals surface area contributed by atoms with E-state index in [9.17, 15) is 8.42 Å². The van der Waals surface area contributed by atoms with Crippen LogP contribution in [-0.4, -0.2) is 28.2 Å². The van der Waals surface area contributed by atoms with Crippen LogP contribution in [0, 0.1) is 0 Å². The molecule has 6 heteroatoms. The van der Waals surface area contributed by atoms with Gasteiger partial charge in [0.2, 0.25) is 10.0 Å². The monoisotopic (exact) mass is 375 g/mol. The summed E-state index contributed by atoms with van der Waals surface area (Å²) in [5, 5.41) is 1.19. The van der Waals surface area contributed by atoms with E-state index in [0.29, 0.717) is 37.7 Å². The smallest absolute Gasteiger partial charge is 0.233 e. The molecule has 0 aliphatic rings. The maximum atomic E-state index is 12.1. The summed E-state index contributed by atoms with van der Waals surface area (Å²) in [6.07, 6.45) is 2.14. The van der Waals surface area contributed by atoms with Gasteiger partial charge in [-0.15, -0.1) is 0 Å². The third-order valence-corrected chi connectivity index (χ3v) is 4.66. The molecule has 0 aliphatic carbocycles. The van der Waals surface area contributed by atoms with Gasteiger partial charge in [-0.05, 0) is 49.6 Å². The number of sulfonamides is 1. The molecular weight excluding hydrogens is 350 g/mol. The van der Waals surface area contributed by atoms with E-state index in [1.54, 1.807) is 6.08 Å². The Hall–Kier alpha value is -2.31. The standard InChI is InChI=1S/C20H25NO4S/c1-3-24-19-11-10-18(16-20(19)25-4-2)12-14-21-26(22,23)15-13-17-8-6-5-7-9-17/h5-11,13,15-16,21H,3-4,12,14H2,1-2H3/b15-13+. The van der Waals surface area contributed by atoms with Crippen LogP contribution in [-0.2, 0) is 16.4 Å². The molecule has 2 aromatic rings. The Morgan fingerprint density at radius 2 is 1.65 bits per heavy atom. The number of hydrogen-bond donors (Lipinski definition) is 1. The summed E-state index contributed by atoms with van der Waals surface area (Å²) in [6, 6.07) is 15.0. The number of ether oxygens (including phenoxy) is 2. The predicted molar refractivity (Wildman–Crippen MR) is 105 cm³/mol. The summed E-state index contributed by atoms with van der Waals surface area (Å²) < 4.78 is 37.8. The molecule has 1 N–H and O–H groups in total. The zero-order chi connectivity index (χ0) is 18.8. The van der Waals surface area contributed by atoms with E-state index in [1.807, 2.05) is 62.4 Å². The van der Waals surface area contributed by atoms with Crippen molar-refractivity contribution in [3.63, 3.8) is 0 Å². The first kappa shape index (κ1) is 20.0. The molecule has 0 aromatic heterocycles. The highest BCUT2D eigenvalue weighted by Crippen LogP contribution is 2.28. The van der Waals surface area contributed by atoms with Gasteiger partial charge in [-0.3, -0.25) is 0 Å². The molecule has 0 atom stereocenters. The van der Waals surface area contributed by atoms with Crippen LogP contribution in [0.15, 0.2) is 53.9 Å². The van der Waals surface area contributed by atoms with Crippen LogP contribution >= 0.6 is 0 Å². The second-order valence-electron chi connectivity index (χ2n) is 5.55. The molecule has 0 bridgehead atoms. The normalized spacial score (nSPS) is 11.6. The minimum absolute atomic E-state index is 0.307. The molecule has 0 fully saturated rings. The molecule has 0 saturated carbocycles. The predicted octanol–water partition coefficient (Wildman–Crippen LogP) is 3.62. The van der Waals surface area contributed by atoms with Crippen LogP contribution in [0.25, 0.3) is 6.08 Å². The first-order valence-corrected chi connectivity index (χ1v) is 10.2. The second kappa shape index (κ2) is 9.99. The highest BCUT2D eigenvalue weighted by molar-refractivity contribution is 7.92. The largest absolute Gasteiger partial charge is 0.490 e. The van der Waals surface area contributed by atoms with Crippen molar-refractivity contribution < 1.29 is 17.9 Å². The quantitative estimate of drug-likeness (QED) is 0.689. The third-order valence-electron chi connectivity index (χ3n) is 3.56. The lowest BCUT2D eigenvalue weighted by Crippen LogP contribution is -2.23. The van der Waals surface area contributed by atoms with Gasteiger partial charge in [0.25, 0.3) is 0 Å². The number of hydrogen-bond acceptors (Lipinski definition) is 4. The van der Waals surface area contributed by atoms with Crippen LogP contribution in [0.3, 0.4) is 0 Å². The Balaban J connectivity index is 1.94. The molecule has 0 radical (unpaired) electrons. The Morgan fingerprint density at radius 1 is 0.962 bits per heavy atom. The number of nitrogens with one attached hydrogen (secondary N) is 1. The molecule has 0 spiro atoms. The van der Waals surface area contributed by atoms with Crippen molar-refractivity contribution in [3.05, 3.63) is 65.1 Å². The zero-order valence-corrected chi connectivity index (χ0v) is 16.0. The molecule has 0 aliphatic heterocycles.